The average molecular weight is 343 g/mol. The molecule has 7 heteroatoms. The van der Waals surface area contributed by atoms with E-state index in [0.29, 0.717) is 17.9 Å². The lowest BCUT2D eigenvalue weighted by Gasteiger charge is -2.10. The van der Waals surface area contributed by atoms with Crippen LogP contribution in [0.2, 0.25) is 0 Å². The molecule has 0 atom stereocenters. The molecule has 2 aromatic heterocycles. The summed E-state index contributed by atoms with van der Waals surface area (Å²) in [6.07, 6.45) is 1.55. The second kappa shape index (κ2) is 6.84. The standard InChI is InChI=1S/C17H17N3O3S/c1-10-6-13-15(19-9-20-16(13)24-10)18-8-11-4-5-14(22-2)12(7-11)17(21)23-3/h4-7,9H,8H2,1-3H3,(H,18,19,20). The third-order valence-electron chi connectivity index (χ3n) is 3.58. The van der Waals surface area contributed by atoms with Gasteiger partial charge in [-0.25, -0.2) is 14.8 Å². The number of anilines is 1. The number of ether oxygens (including phenoxy) is 2. The zero-order valence-corrected chi connectivity index (χ0v) is 14.4. The average Bonchev–Trinajstić information content (AvgIpc) is 2.99. The number of hydrogen-bond donors (Lipinski definition) is 1. The predicted molar refractivity (Wildman–Crippen MR) is 93.8 cm³/mol. The molecule has 0 aliphatic heterocycles. The molecular formula is C17H17N3O3S. The molecule has 0 radical (unpaired) electrons. The lowest BCUT2D eigenvalue weighted by molar-refractivity contribution is 0.0597. The number of carbonyl (C=O) groups is 1. The number of nitrogens with zero attached hydrogens (tertiary/aromatic N) is 2. The van der Waals surface area contributed by atoms with Gasteiger partial charge in [0.1, 0.15) is 28.3 Å². The molecule has 0 amide bonds. The molecule has 1 N–H and O–H groups in total. The van der Waals surface area contributed by atoms with E-state index in [1.54, 1.807) is 29.8 Å². The van der Waals surface area contributed by atoms with Gasteiger partial charge in [-0.2, -0.15) is 0 Å². The highest BCUT2D eigenvalue weighted by Crippen LogP contribution is 2.28. The number of benzene rings is 1. The molecule has 124 valence electrons. The fourth-order valence-electron chi connectivity index (χ4n) is 2.44. The van der Waals surface area contributed by atoms with Gasteiger partial charge in [-0.1, -0.05) is 6.07 Å². The Morgan fingerprint density at radius 2 is 2.08 bits per heavy atom. The van der Waals surface area contributed by atoms with Gasteiger partial charge in [0.25, 0.3) is 0 Å². The second-order valence-corrected chi connectivity index (χ2v) is 6.41. The Balaban J connectivity index is 1.84. The number of hydrogen-bond acceptors (Lipinski definition) is 7. The van der Waals surface area contributed by atoms with Gasteiger partial charge >= 0.3 is 5.97 Å². The summed E-state index contributed by atoms with van der Waals surface area (Å²) in [6, 6.07) is 7.48. The van der Waals surface area contributed by atoms with E-state index in [1.165, 1.54) is 19.1 Å². The SMILES string of the molecule is COC(=O)c1cc(CNc2ncnc3sc(C)cc23)ccc1OC. The Labute approximate surface area is 143 Å². The topological polar surface area (TPSA) is 73.3 Å². The number of carbonyl (C=O) groups excluding carboxylic acids is 1. The molecule has 0 spiro atoms. The summed E-state index contributed by atoms with van der Waals surface area (Å²) in [4.78, 5) is 22.6. The molecule has 0 aliphatic rings. The number of methoxy groups -OCH3 is 2. The number of esters is 1. The van der Waals surface area contributed by atoms with Crippen LogP contribution < -0.4 is 10.1 Å². The second-order valence-electron chi connectivity index (χ2n) is 5.18. The number of aryl methyl sites for hydroxylation is 1. The van der Waals surface area contributed by atoms with E-state index in [9.17, 15) is 4.79 Å². The van der Waals surface area contributed by atoms with Crippen molar-refractivity contribution in [2.24, 2.45) is 0 Å². The first-order chi connectivity index (χ1) is 11.6. The van der Waals surface area contributed by atoms with Gasteiger partial charge in [0.2, 0.25) is 0 Å². The van der Waals surface area contributed by atoms with Crippen molar-refractivity contribution in [3.63, 3.8) is 0 Å². The van der Waals surface area contributed by atoms with E-state index in [0.717, 1.165) is 21.6 Å². The Morgan fingerprint density at radius 3 is 2.83 bits per heavy atom. The van der Waals surface area contributed by atoms with Crippen LogP contribution in [0.15, 0.2) is 30.6 Å². The first-order valence-electron chi connectivity index (χ1n) is 7.32. The van der Waals surface area contributed by atoms with E-state index in [2.05, 4.69) is 21.4 Å². The minimum Gasteiger partial charge on any atom is -0.496 e. The predicted octanol–water partition coefficient (Wildman–Crippen LogP) is 3.41. The molecule has 0 unspecified atom stereocenters. The summed E-state index contributed by atoms with van der Waals surface area (Å²) >= 11 is 1.63. The molecule has 0 aliphatic carbocycles. The lowest BCUT2D eigenvalue weighted by atomic mass is 10.1. The summed E-state index contributed by atoms with van der Waals surface area (Å²) in [5, 5.41) is 4.30. The number of fused-ring (bicyclic) bond motifs is 1. The molecule has 0 bridgehead atoms. The molecule has 1 aromatic carbocycles. The number of thiophene rings is 1. The van der Waals surface area contributed by atoms with Crippen LogP contribution in [0.5, 0.6) is 5.75 Å². The van der Waals surface area contributed by atoms with Crippen LogP contribution in [0.25, 0.3) is 10.2 Å². The maximum absolute atomic E-state index is 11.9. The minimum atomic E-state index is -0.424. The highest BCUT2D eigenvalue weighted by atomic mass is 32.1. The summed E-state index contributed by atoms with van der Waals surface area (Å²) in [5.74, 6) is 0.842. The Bertz CT molecular complexity index is 892. The lowest BCUT2D eigenvalue weighted by Crippen LogP contribution is -2.07. The molecule has 2 heterocycles. The largest absolute Gasteiger partial charge is 0.496 e. The van der Waals surface area contributed by atoms with Crippen LogP contribution in [0.4, 0.5) is 5.82 Å². The van der Waals surface area contributed by atoms with Crippen LogP contribution >= 0.6 is 11.3 Å². The number of nitrogens with one attached hydrogen (secondary N) is 1. The third kappa shape index (κ3) is 3.16. The van der Waals surface area contributed by atoms with Crippen molar-refractivity contribution in [3.8, 4) is 5.75 Å². The van der Waals surface area contributed by atoms with E-state index in [4.69, 9.17) is 9.47 Å². The number of aromatic nitrogens is 2. The normalized spacial score (nSPS) is 10.6. The first-order valence-corrected chi connectivity index (χ1v) is 8.14. The van der Waals surface area contributed by atoms with E-state index < -0.39 is 5.97 Å². The summed E-state index contributed by atoms with van der Waals surface area (Å²) in [5.41, 5.74) is 1.33. The van der Waals surface area contributed by atoms with Gasteiger partial charge in [0, 0.05) is 11.4 Å². The van der Waals surface area contributed by atoms with Crippen molar-refractivity contribution >= 4 is 33.3 Å². The quantitative estimate of drug-likeness (QED) is 0.716. The summed E-state index contributed by atoms with van der Waals surface area (Å²) in [7, 11) is 2.87. The van der Waals surface area contributed by atoms with Crippen molar-refractivity contribution in [3.05, 3.63) is 46.6 Å². The van der Waals surface area contributed by atoms with Gasteiger partial charge in [0.05, 0.1) is 19.6 Å². The zero-order chi connectivity index (χ0) is 17.1. The maximum atomic E-state index is 11.9. The highest BCUT2D eigenvalue weighted by molar-refractivity contribution is 7.18. The van der Waals surface area contributed by atoms with Crippen molar-refractivity contribution in [2.75, 3.05) is 19.5 Å². The van der Waals surface area contributed by atoms with E-state index in [1.807, 2.05) is 13.0 Å². The van der Waals surface area contributed by atoms with E-state index >= 15 is 0 Å². The van der Waals surface area contributed by atoms with Gasteiger partial charge in [-0.15, -0.1) is 11.3 Å². The highest BCUT2D eigenvalue weighted by Gasteiger charge is 2.14. The van der Waals surface area contributed by atoms with Crippen LogP contribution in [0.3, 0.4) is 0 Å². The van der Waals surface area contributed by atoms with Crippen LogP contribution in [0, 0.1) is 6.92 Å². The van der Waals surface area contributed by atoms with Gasteiger partial charge in [-0.05, 0) is 30.7 Å². The molecular weight excluding hydrogens is 326 g/mol. The van der Waals surface area contributed by atoms with Crippen molar-refractivity contribution < 1.29 is 14.3 Å². The molecule has 0 saturated heterocycles. The minimum absolute atomic E-state index is 0.401. The van der Waals surface area contributed by atoms with Crippen molar-refractivity contribution in [1.82, 2.24) is 9.97 Å². The van der Waals surface area contributed by atoms with Gasteiger partial charge < -0.3 is 14.8 Å². The Kier molecular flexibility index (Phi) is 4.61. The molecule has 0 saturated carbocycles. The van der Waals surface area contributed by atoms with Crippen LogP contribution in [-0.2, 0) is 11.3 Å². The summed E-state index contributed by atoms with van der Waals surface area (Å²) in [6.45, 7) is 2.57. The van der Waals surface area contributed by atoms with E-state index in [-0.39, 0.29) is 0 Å². The molecule has 3 aromatic rings. The van der Waals surface area contributed by atoms with Crippen molar-refractivity contribution in [1.29, 1.82) is 0 Å². The first kappa shape index (κ1) is 16.2. The smallest absolute Gasteiger partial charge is 0.341 e. The third-order valence-corrected chi connectivity index (χ3v) is 4.54. The monoisotopic (exact) mass is 343 g/mol. The molecule has 3 rings (SSSR count). The maximum Gasteiger partial charge on any atom is 0.341 e. The van der Waals surface area contributed by atoms with Gasteiger partial charge in [-0.3, -0.25) is 0 Å². The molecule has 6 nitrogen and oxygen atoms in total. The summed E-state index contributed by atoms with van der Waals surface area (Å²) < 4.78 is 10.0. The van der Waals surface area contributed by atoms with Crippen LogP contribution in [-0.4, -0.2) is 30.2 Å². The van der Waals surface area contributed by atoms with Gasteiger partial charge in [0.15, 0.2) is 0 Å². The Hall–Kier alpha value is -2.67. The Morgan fingerprint density at radius 1 is 1.25 bits per heavy atom. The fraction of sp³-hybridized carbons (Fsp3) is 0.235. The van der Waals surface area contributed by atoms with Crippen molar-refractivity contribution in [2.45, 2.75) is 13.5 Å². The molecule has 24 heavy (non-hydrogen) atoms. The fourth-order valence-corrected chi connectivity index (χ4v) is 3.28. The zero-order valence-electron chi connectivity index (χ0n) is 13.6. The number of rotatable bonds is 5. The van der Waals surface area contributed by atoms with Crippen LogP contribution in [0.1, 0.15) is 20.8 Å². The molecule has 0 fully saturated rings.